The number of aromatic nitrogens is 1. The maximum Gasteiger partial charge on any atom is 0.305 e. The van der Waals surface area contributed by atoms with E-state index in [0.717, 1.165) is 0 Å². The van der Waals surface area contributed by atoms with Crippen LogP contribution in [0.15, 0.2) is 91.3 Å². The number of pyridine rings is 1. The number of aliphatic carboxylic acids is 1. The van der Waals surface area contributed by atoms with E-state index in [1.165, 1.54) is 60.8 Å². The van der Waals surface area contributed by atoms with E-state index in [0.29, 0.717) is 66.2 Å². The zero-order valence-corrected chi connectivity index (χ0v) is 25.2. The van der Waals surface area contributed by atoms with Crippen molar-refractivity contribution in [1.82, 2.24) is 15.2 Å². The number of hydrogen-bond acceptors (Lipinski definition) is 7. The van der Waals surface area contributed by atoms with Crippen molar-refractivity contribution in [3.8, 4) is 6.07 Å². The molecule has 3 aromatic carbocycles. The van der Waals surface area contributed by atoms with Crippen molar-refractivity contribution >= 4 is 35.1 Å². The molecule has 5 rings (SSSR count). The topological polar surface area (TPSA) is 156 Å². The molecule has 2 heterocycles. The normalized spacial score (nSPS) is 13.5. The summed E-state index contributed by atoms with van der Waals surface area (Å²) in [5.74, 6) is -2.83. The van der Waals surface area contributed by atoms with E-state index in [4.69, 9.17) is 5.26 Å². The van der Waals surface area contributed by atoms with Crippen LogP contribution in [0.4, 0.5) is 15.8 Å². The van der Waals surface area contributed by atoms with Gasteiger partial charge in [0.15, 0.2) is 0 Å². The monoisotopic (exact) mass is 634 g/mol. The number of anilines is 2. The van der Waals surface area contributed by atoms with Crippen LogP contribution in [0.25, 0.3) is 0 Å². The van der Waals surface area contributed by atoms with Gasteiger partial charge in [-0.25, -0.2) is 4.39 Å². The molecule has 1 saturated heterocycles. The van der Waals surface area contributed by atoms with Crippen molar-refractivity contribution in [1.29, 1.82) is 5.26 Å². The smallest absolute Gasteiger partial charge is 0.305 e. The number of carboxylic acids is 1. The number of nitrogens with zero attached hydrogens (tertiary/aromatic N) is 4. The Morgan fingerprint density at radius 3 is 2.32 bits per heavy atom. The van der Waals surface area contributed by atoms with E-state index in [2.05, 4.69) is 15.6 Å². The maximum atomic E-state index is 13.5. The average Bonchev–Trinajstić information content (AvgIpc) is 3.34. The van der Waals surface area contributed by atoms with E-state index in [-0.39, 0.29) is 11.5 Å². The molecule has 1 aliphatic heterocycles. The molecule has 1 aliphatic rings. The quantitative estimate of drug-likeness (QED) is 0.241. The lowest BCUT2D eigenvalue weighted by Gasteiger charge is -2.27. The van der Waals surface area contributed by atoms with Gasteiger partial charge in [-0.3, -0.25) is 24.2 Å². The Balaban J connectivity index is 1.42. The van der Waals surface area contributed by atoms with Crippen molar-refractivity contribution in [2.75, 3.05) is 36.4 Å². The highest BCUT2D eigenvalue weighted by Gasteiger charge is 2.24. The summed E-state index contributed by atoms with van der Waals surface area (Å²) in [6, 6.07) is 20.6. The second kappa shape index (κ2) is 14.8. The Bertz CT molecular complexity index is 1810. The van der Waals surface area contributed by atoms with Crippen molar-refractivity contribution in [3.05, 3.63) is 125 Å². The van der Waals surface area contributed by atoms with Crippen LogP contribution in [0.2, 0.25) is 0 Å². The first-order chi connectivity index (χ1) is 22.7. The molecule has 3 N–H and O–H groups in total. The molecule has 11 nitrogen and oxygen atoms in total. The lowest BCUT2D eigenvalue weighted by atomic mass is 10.0. The average molecular weight is 635 g/mol. The van der Waals surface area contributed by atoms with Gasteiger partial charge in [-0.05, 0) is 78.7 Å². The number of nitriles is 1. The van der Waals surface area contributed by atoms with E-state index in [1.807, 2.05) is 11.0 Å². The van der Waals surface area contributed by atoms with Crippen molar-refractivity contribution in [2.45, 2.75) is 18.9 Å². The number of hydrogen-bond donors (Lipinski definition) is 3. The molecule has 47 heavy (non-hydrogen) atoms. The second-order valence-corrected chi connectivity index (χ2v) is 10.9. The third kappa shape index (κ3) is 8.15. The van der Waals surface area contributed by atoms with Crippen LogP contribution in [0, 0.1) is 17.1 Å². The Labute approximate surface area is 270 Å². The first-order valence-corrected chi connectivity index (χ1v) is 14.9. The molecule has 0 radical (unpaired) electrons. The van der Waals surface area contributed by atoms with Gasteiger partial charge in [-0.2, -0.15) is 5.26 Å². The van der Waals surface area contributed by atoms with Crippen LogP contribution in [0.1, 0.15) is 61.1 Å². The number of nitrogens with one attached hydrogen (secondary N) is 2. The number of halogens is 1. The third-order valence-electron chi connectivity index (χ3n) is 7.77. The molecular weight excluding hydrogens is 603 g/mol. The van der Waals surface area contributed by atoms with Gasteiger partial charge in [0, 0.05) is 49.7 Å². The van der Waals surface area contributed by atoms with Crippen molar-refractivity contribution in [2.24, 2.45) is 0 Å². The Kier molecular flexibility index (Phi) is 10.2. The van der Waals surface area contributed by atoms with Crippen molar-refractivity contribution < 1.29 is 28.7 Å². The molecule has 1 atom stereocenters. The Hall–Kier alpha value is -6.09. The highest BCUT2D eigenvalue weighted by atomic mass is 19.1. The number of carbonyl (C=O) groups is 4. The molecule has 1 unspecified atom stereocenters. The zero-order valence-electron chi connectivity index (χ0n) is 25.2. The molecule has 238 valence electrons. The zero-order chi connectivity index (χ0) is 33.3. The number of amides is 3. The van der Waals surface area contributed by atoms with Crippen LogP contribution in [0.3, 0.4) is 0 Å². The standard InChI is InChI=1S/C35H31FN6O5/c36-28-11-8-24(9-12-28)29(20-32(43)44)39-34(46)26-10-13-31(30(19-26)40-33(45)25-6-4-23(21-37)5-7-25)41-15-2-16-42(18-17-41)35(47)27-3-1-14-38-22-27/h1,3-14,19,22,29H,2,15-18,20H2,(H,39,46)(H,40,45)(H,43,44). The number of rotatable bonds is 9. The molecule has 1 aromatic heterocycles. The Morgan fingerprint density at radius 1 is 0.894 bits per heavy atom. The highest BCUT2D eigenvalue weighted by molar-refractivity contribution is 6.07. The number of benzene rings is 3. The van der Waals surface area contributed by atoms with Gasteiger partial charge < -0.3 is 25.5 Å². The Morgan fingerprint density at radius 2 is 1.64 bits per heavy atom. The van der Waals surface area contributed by atoms with Gasteiger partial charge >= 0.3 is 5.97 Å². The van der Waals surface area contributed by atoms with E-state index < -0.39 is 36.1 Å². The van der Waals surface area contributed by atoms with E-state index in [1.54, 1.807) is 35.4 Å². The van der Waals surface area contributed by atoms with Gasteiger partial charge in [-0.15, -0.1) is 0 Å². The molecule has 0 saturated carbocycles. The lowest BCUT2D eigenvalue weighted by molar-refractivity contribution is -0.137. The summed E-state index contributed by atoms with van der Waals surface area (Å²) in [6.45, 7) is 1.94. The molecule has 3 amide bonds. The predicted molar refractivity (Wildman–Crippen MR) is 171 cm³/mol. The van der Waals surface area contributed by atoms with Crippen LogP contribution in [0.5, 0.6) is 0 Å². The minimum Gasteiger partial charge on any atom is -0.481 e. The van der Waals surface area contributed by atoms with Crippen LogP contribution < -0.4 is 15.5 Å². The fourth-order valence-corrected chi connectivity index (χ4v) is 5.34. The molecular formula is C35H31FN6O5. The van der Waals surface area contributed by atoms with Gasteiger partial charge in [0.25, 0.3) is 17.7 Å². The van der Waals surface area contributed by atoms with Gasteiger partial charge in [0.1, 0.15) is 5.82 Å². The van der Waals surface area contributed by atoms with Gasteiger partial charge in [0.2, 0.25) is 0 Å². The number of carboxylic acid groups (broad SMARTS) is 1. The largest absolute Gasteiger partial charge is 0.481 e. The van der Waals surface area contributed by atoms with Crippen LogP contribution in [-0.4, -0.2) is 64.9 Å². The van der Waals surface area contributed by atoms with Crippen LogP contribution in [-0.2, 0) is 4.79 Å². The summed E-state index contributed by atoms with van der Waals surface area (Å²) in [7, 11) is 0. The summed E-state index contributed by atoms with van der Waals surface area (Å²) in [6.07, 6.45) is 3.35. The minimum absolute atomic E-state index is 0.126. The van der Waals surface area contributed by atoms with Gasteiger partial charge in [-0.1, -0.05) is 12.1 Å². The summed E-state index contributed by atoms with van der Waals surface area (Å²) >= 11 is 0. The first-order valence-electron chi connectivity index (χ1n) is 14.9. The molecule has 12 heteroatoms. The van der Waals surface area contributed by atoms with Gasteiger partial charge in [0.05, 0.1) is 41.0 Å². The molecule has 1 fully saturated rings. The molecule has 0 aliphatic carbocycles. The fraction of sp³-hybridized carbons (Fsp3) is 0.200. The van der Waals surface area contributed by atoms with Crippen LogP contribution >= 0.6 is 0 Å². The lowest BCUT2D eigenvalue weighted by Crippen LogP contribution is -2.35. The molecule has 0 bridgehead atoms. The SMILES string of the molecule is N#Cc1ccc(C(=O)Nc2cc(C(=O)NC(CC(=O)O)c3ccc(F)cc3)ccc2N2CCCN(C(=O)c3cccnc3)CC2)cc1. The minimum atomic E-state index is -1.15. The predicted octanol–water partition coefficient (Wildman–Crippen LogP) is 4.64. The maximum absolute atomic E-state index is 13.5. The first kappa shape index (κ1) is 32.3. The molecule has 4 aromatic rings. The van der Waals surface area contributed by atoms with Crippen molar-refractivity contribution in [3.63, 3.8) is 0 Å². The second-order valence-electron chi connectivity index (χ2n) is 10.9. The molecule has 0 spiro atoms. The van der Waals surface area contributed by atoms with E-state index >= 15 is 0 Å². The summed E-state index contributed by atoms with van der Waals surface area (Å²) in [5.41, 5.74) is 2.72. The highest BCUT2D eigenvalue weighted by Crippen LogP contribution is 2.30. The third-order valence-corrected chi connectivity index (χ3v) is 7.77. The summed E-state index contributed by atoms with van der Waals surface area (Å²) < 4.78 is 13.5. The number of carbonyl (C=O) groups excluding carboxylic acids is 3. The van der Waals surface area contributed by atoms with E-state index in [9.17, 15) is 28.7 Å². The summed E-state index contributed by atoms with van der Waals surface area (Å²) in [4.78, 5) is 59.3. The summed E-state index contributed by atoms with van der Waals surface area (Å²) in [5, 5.41) is 24.2. The fourth-order valence-electron chi connectivity index (χ4n) is 5.34.